The zero-order valence-corrected chi connectivity index (χ0v) is 21.7. The second-order valence-electron chi connectivity index (χ2n) is 8.78. The number of nitrogens with zero attached hydrogens (tertiary/aromatic N) is 3. The summed E-state index contributed by atoms with van der Waals surface area (Å²) in [6.07, 6.45) is 8.58. The summed E-state index contributed by atoms with van der Waals surface area (Å²) >= 11 is 0. The molecule has 7 heteroatoms. The fraction of sp³-hybridized carbons (Fsp3) is 0.393. The summed E-state index contributed by atoms with van der Waals surface area (Å²) in [5.41, 5.74) is 5.98. The van der Waals surface area contributed by atoms with Gasteiger partial charge in [0.2, 0.25) is 5.91 Å². The van der Waals surface area contributed by atoms with E-state index in [2.05, 4.69) is 48.2 Å². The van der Waals surface area contributed by atoms with Gasteiger partial charge in [0.15, 0.2) is 0 Å². The van der Waals surface area contributed by atoms with Gasteiger partial charge in [-0.15, -0.1) is 12.4 Å². The van der Waals surface area contributed by atoms with Crippen molar-refractivity contribution in [1.82, 2.24) is 15.3 Å². The smallest absolute Gasteiger partial charge is 0.240 e. The molecule has 1 aromatic heterocycles. The number of halogens is 1. The molecule has 0 unspecified atom stereocenters. The third-order valence-corrected chi connectivity index (χ3v) is 6.32. The average Bonchev–Trinajstić information content (AvgIpc) is 3.39. The molecule has 0 saturated carbocycles. The van der Waals surface area contributed by atoms with Crippen LogP contribution in [0.15, 0.2) is 55.0 Å². The van der Waals surface area contributed by atoms with Crippen LogP contribution in [0.25, 0.3) is 0 Å². The van der Waals surface area contributed by atoms with Crippen LogP contribution in [0.2, 0.25) is 0 Å². The molecular weight excluding hydrogens is 458 g/mol. The SMILES string of the molecule is CCCCCCN(C(=O)CN[C@@H](Cc1ccc(C#N)cc1)c1cnc[nH]1)c1cccc(C)c1C.Cl. The average molecular weight is 494 g/mol. The first-order valence-corrected chi connectivity index (χ1v) is 12.1. The number of carbonyl (C=O) groups is 1. The molecule has 0 saturated heterocycles. The molecule has 1 heterocycles. The van der Waals surface area contributed by atoms with Crippen molar-refractivity contribution in [3.05, 3.63) is 82.9 Å². The molecule has 0 aliphatic carbocycles. The van der Waals surface area contributed by atoms with Gasteiger partial charge in [-0.1, -0.05) is 50.5 Å². The lowest BCUT2D eigenvalue weighted by Crippen LogP contribution is -2.41. The van der Waals surface area contributed by atoms with Crippen LogP contribution >= 0.6 is 12.4 Å². The molecule has 0 aliphatic heterocycles. The first-order valence-electron chi connectivity index (χ1n) is 12.1. The van der Waals surface area contributed by atoms with Gasteiger partial charge in [0.05, 0.1) is 36.2 Å². The van der Waals surface area contributed by atoms with E-state index < -0.39 is 0 Å². The fourth-order valence-electron chi connectivity index (χ4n) is 4.11. The van der Waals surface area contributed by atoms with Crippen LogP contribution in [0.5, 0.6) is 0 Å². The second kappa shape index (κ2) is 14.3. The van der Waals surface area contributed by atoms with Crippen molar-refractivity contribution in [3.8, 4) is 6.07 Å². The number of anilines is 1. The van der Waals surface area contributed by atoms with Crippen molar-refractivity contribution in [2.24, 2.45) is 0 Å². The Kier molecular flexibility index (Phi) is 11.5. The van der Waals surface area contributed by atoms with Crippen LogP contribution in [0.3, 0.4) is 0 Å². The van der Waals surface area contributed by atoms with Gasteiger partial charge in [0, 0.05) is 18.4 Å². The van der Waals surface area contributed by atoms with Gasteiger partial charge in [-0.05, 0) is 61.6 Å². The number of carbonyl (C=O) groups excluding carboxylic acids is 1. The summed E-state index contributed by atoms with van der Waals surface area (Å²) in [7, 11) is 0. The van der Waals surface area contributed by atoms with E-state index in [1.165, 1.54) is 18.4 Å². The first kappa shape index (κ1) is 28.1. The number of rotatable bonds is 12. The highest BCUT2D eigenvalue weighted by molar-refractivity contribution is 5.95. The molecule has 0 radical (unpaired) electrons. The van der Waals surface area contributed by atoms with Crippen LogP contribution in [-0.4, -0.2) is 29.0 Å². The van der Waals surface area contributed by atoms with E-state index >= 15 is 0 Å². The van der Waals surface area contributed by atoms with Gasteiger partial charge in [0.1, 0.15) is 0 Å². The maximum absolute atomic E-state index is 13.5. The number of aromatic nitrogens is 2. The van der Waals surface area contributed by atoms with Crippen LogP contribution in [0, 0.1) is 25.2 Å². The van der Waals surface area contributed by atoms with E-state index in [0.29, 0.717) is 12.0 Å². The van der Waals surface area contributed by atoms with Gasteiger partial charge in [0.25, 0.3) is 0 Å². The standard InChI is InChI=1S/C28H35N5O.ClH/c1-4-5-6-7-15-33(27-10-8-9-21(2)22(27)3)28(34)19-31-25(26-18-30-20-32-26)16-23-11-13-24(17-29)14-12-23;/h8-14,18,20,25,31H,4-7,15-16,19H2,1-3H3,(H,30,32);1H/t25-;/m0./s1. The van der Waals surface area contributed by atoms with Crippen LogP contribution in [0.4, 0.5) is 5.69 Å². The van der Waals surface area contributed by atoms with Gasteiger partial charge in [-0.2, -0.15) is 5.26 Å². The molecular formula is C28H36ClN5O. The number of aromatic amines is 1. The molecule has 0 spiro atoms. The summed E-state index contributed by atoms with van der Waals surface area (Å²) < 4.78 is 0. The maximum Gasteiger partial charge on any atom is 0.240 e. The molecule has 1 amide bonds. The number of benzene rings is 2. The van der Waals surface area contributed by atoms with Crippen LogP contribution < -0.4 is 10.2 Å². The number of unbranched alkanes of at least 4 members (excludes halogenated alkanes) is 3. The number of H-pyrrole nitrogens is 1. The Bertz CT molecular complexity index is 1090. The Hall–Kier alpha value is -3.14. The molecule has 2 aromatic carbocycles. The van der Waals surface area contributed by atoms with Crippen LogP contribution in [-0.2, 0) is 11.2 Å². The molecule has 6 nitrogen and oxygen atoms in total. The molecule has 0 aliphatic rings. The van der Waals surface area contributed by atoms with Gasteiger partial charge in [-0.3, -0.25) is 10.1 Å². The molecule has 1 atom stereocenters. The number of aryl methyl sites for hydroxylation is 1. The van der Waals surface area contributed by atoms with E-state index in [1.807, 2.05) is 41.3 Å². The number of hydrogen-bond donors (Lipinski definition) is 2. The molecule has 35 heavy (non-hydrogen) atoms. The Labute approximate surface area is 215 Å². The molecule has 3 rings (SSSR count). The molecule has 0 bridgehead atoms. The highest BCUT2D eigenvalue weighted by Gasteiger charge is 2.21. The number of imidazole rings is 1. The monoisotopic (exact) mass is 493 g/mol. The third-order valence-electron chi connectivity index (χ3n) is 6.32. The van der Waals surface area contributed by atoms with Crippen molar-refractivity contribution in [2.45, 2.75) is 58.9 Å². The zero-order valence-electron chi connectivity index (χ0n) is 20.9. The van der Waals surface area contributed by atoms with Gasteiger partial charge in [-0.25, -0.2) is 4.98 Å². The van der Waals surface area contributed by atoms with E-state index in [4.69, 9.17) is 5.26 Å². The van der Waals surface area contributed by atoms with Crippen LogP contribution in [0.1, 0.15) is 66.6 Å². The van der Waals surface area contributed by atoms with Crippen molar-refractivity contribution in [3.63, 3.8) is 0 Å². The van der Waals surface area contributed by atoms with Crippen molar-refractivity contribution < 1.29 is 4.79 Å². The number of nitriles is 1. The van der Waals surface area contributed by atoms with E-state index in [0.717, 1.165) is 41.9 Å². The van der Waals surface area contributed by atoms with Crippen molar-refractivity contribution >= 4 is 24.0 Å². The quantitative estimate of drug-likeness (QED) is 0.312. The van der Waals surface area contributed by atoms with E-state index in [9.17, 15) is 4.79 Å². The predicted octanol–water partition coefficient (Wildman–Crippen LogP) is 5.81. The van der Waals surface area contributed by atoms with E-state index in [-0.39, 0.29) is 30.9 Å². The normalized spacial score (nSPS) is 11.4. The first-order chi connectivity index (χ1) is 16.5. The minimum absolute atomic E-state index is 0. The lowest BCUT2D eigenvalue weighted by Gasteiger charge is -2.27. The summed E-state index contributed by atoms with van der Waals surface area (Å²) in [5.74, 6) is 0.0644. The lowest BCUT2D eigenvalue weighted by molar-refractivity contribution is -0.118. The topological polar surface area (TPSA) is 84.8 Å². The summed E-state index contributed by atoms with van der Waals surface area (Å²) in [6, 6.07) is 15.8. The summed E-state index contributed by atoms with van der Waals surface area (Å²) in [5, 5.41) is 12.5. The third kappa shape index (κ3) is 7.95. The fourth-order valence-corrected chi connectivity index (χ4v) is 4.11. The summed E-state index contributed by atoms with van der Waals surface area (Å²) in [4.78, 5) is 22.8. The number of amides is 1. The van der Waals surface area contributed by atoms with E-state index in [1.54, 1.807) is 12.5 Å². The zero-order chi connectivity index (χ0) is 24.3. The lowest BCUT2D eigenvalue weighted by atomic mass is 10.0. The molecule has 186 valence electrons. The molecule has 3 aromatic rings. The second-order valence-corrected chi connectivity index (χ2v) is 8.78. The minimum atomic E-state index is -0.0973. The number of hydrogen-bond acceptors (Lipinski definition) is 4. The van der Waals surface area contributed by atoms with Crippen molar-refractivity contribution in [2.75, 3.05) is 18.0 Å². The minimum Gasteiger partial charge on any atom is -0.347 e. The maximum atomic E-state index is 13.5. The molecule has 0 fully saturated rings. The van der Waals surface area contributed by atoms with Gasteiger partial charge >= 0.3 is 0 Å². The Morgan fingerprint density at radius 1 is 1.14 bits per heavy atom. The summed E-state index contributed by atoms with van der Waals surface area (Å²) in [6.45, 7) is 7.31. The Morgan fingerprint density at radius 2 is 1.91 bits per heavy atom. The predicted molar refractivity (Wildman–Crippen MR) is 144 cm³/mol. The number of nitrogens with one attached hydrogen (secondary N) is 2. The Balaban J connectivity index is 0.00000432. The highest BCUT2D eigenvalue weighted by atomic mass is 35.5. The Morgan fingerprint density at radius 3 is 2.57 bits per heavy atom. The van der Waals surface area contributed by atoms with Gasteiger partial charge < -0.3 is 9.88 Å². The largest absolute Gasteiger partial charge is 0.347 e. The highest BCUT2D eigenvalue weighted by Crippen LogP contribution is 2.24. The molecule has 2 N–H and O–H groups in total. The van der Waals surface area contributed by atoms with Crippen molar-refractivity contribution in [1.29, 1.82) is 5.26 Å².